The molecule has 7 heteroatoms. The fourth-order valence-corrected chi connectivity index (χ4v) is 2.53. The Morgan fingerprint density at radius 1 is 1.04 bits per heavy atom. The van der Waals surface area contributed by atoms with Crippen LogP contribution < -0.4 is 4.74 Å². The summed E-state index contributed by atoms with van der Waals surface area (Å²) in [7, 11) is 1.69. The van der Waals surface area contributed by atoms with E-state index in [1.807, 2.05) is 0 Å². The van der Waals surface area contributed by atoms with Gasteiger partial charge in [0.05, 0.1) is 0 Å². The molecular formula is C20H21F2NO4. The van der Waals surface area contributed by atoms with Crippen LogP contribution in [0.2, 0.25) is 0 Å². The number of rotatable bonds is 9. The molecule has 0 aliphatic heterocycles. The van der Waals surface area contributed by atoms with Crippen LogP contribution in [-0.4, -0.2) is 35.5 Å². The number of hydrogen-bond donors (Lipinski definition) is 1. The van der Waals surface area contributed by atoms with E-state index in [0.717, 1.165) is 17.7 Å². The molecular weight excluding hydrogens is 356 g/mol. The second-order valence-electron chi connectivity index (χ2n) is 6.18. The molecule has 2 aromatic carbocycles. The molecule has 1 amide bonds. The molecule has 144 valence electrons. The Morgan fingerprint density at radius 2 is 1.70 bits per heavy atom. The highest BCUT2D eigenvalue weighted by Gasteiger charge is 2.10. The molecule has 0 saturated heterocycles. The minimum Gasteiger partial charge on any atom is -0.482 e. The van der Waals surface area contributed by atoms with Crippen molar-refractivity contribution in [2.75, 3.05) is 13.7 Å². The second-order valence-corrected chi connectivity index (χ2v) is 6.18. The van der Waals surface area contributed by atoms with E-state index >= 15 is 0 Å². The number of nitrogens with zero attached hydrogens (tertiary/aromatic N) is 1. The van der Waals surface area contributed by atoms with Gasteiger partial charge >= 0.3 is 5.97 Å². The summed E-state index contributed by atoms with van der Waals surface area (Å²) in [5, 5.41) is 8.57. The lowest BCUT2D eigenvalue weighted by atomic mass is 10.1. The Labute approximate surface area is 156 Å². The first-order valence-electron chi connectivity index (χ1n) is 8.46. The van der Waals surface area contributed by atoms with E-state index < -0.39 is 24.2 Å². The molecule has 0 aliphatic carbocycles. The molecule has 1 N–H and O–H groups in total. The van der Waals surface area contributed by atoms with Gasteiger partial charge in [0, 0.05) is 20.0 Å². The van der Waals surface area contributed by atoms with Crippen molar-refractivity contribution in [1.29, 1.82) is 0 Å². The molecule has 27 heavy (non-hydrogen) atoms. The van der Waals surface area contributed by atoms with Crippen molar-refractivity contribution in [1.82, 2.24) is 4.90 Å². The number of halogens is 2. The summed E-state index contributed by atoms with van der Waals surface area (Å²) in [5.74, 6) is -2.42. The van der Waals surface area contributed by atoms with Crippen LogP contribution in [0.3, 0.4) is 0 Å². The Morgan fingerprint density at radius 3 is 2.33 bits per heavy atom. The van der Waals surface area contributed by atoms with Gasteiger partial charge in [-0.25, -0.2) is 13.6 Å². The first-order valence-corrected chi connectivity index (χ1v) is 8.46. The predicted molar refractivity (Wildman–Crippen MR) is 95.3 cm³/mol. The van der Waals surface area contributed by atoms with E-state index in [4.69, 9.17) is 9.84 Å². The average Bonchev–Trinajstić information content (AvgIpc) is 2.64. The maximum absolute atomic E-state index is 13.2. The second kappa shape index (κ2) is 9.66. The number of ether oxygens (including phenoxy) is 1. The molecule has 0 aliphatic rings. The van der Waals surface area contributed by atoms with Crippen molar-refractivity contribution >= 4 is 11.9 Å². The van der Waals surface area contributed by atoms with Crippen molar-refractivity contribution in [3.8, 4) is 5.75 Å². The van der Waals surface area contributed by atoms with Crippen molar-refractivity contribution in [3.05, 3.63) is 65.2 Å². The highest BCUT2D eigenvalue weighted by Crippen LogP contribution is 2.15. The summed E-state index contributed by atoms with van der Waals surface area (Å²) >= 11 is 0. The number of carbonyl (C=O) groups is 2. The number of carboxylic acid groups (broad SMARTS) is 1. The standard InChI is InChI=1S/C20H21F2NO4/c1-23(12-15-5-8-16(9-6-15)27-13-20(25)26)19(24)4-2-3-14-7-10-17(21)18(22)11-14/h5-11H,2-4,12-13H2,1H3,(H,25,26). The largest absolute Gasteiger partial charge is 0.482 e. The number of carboxylic acids is 1. The summed E-state index contributed by atoms with van der Waals surface area (Å²) in [5.41, 5.74) is 1.54. The molecule has 0 saturated carbocycles. The van der Waals surface area contributed by atoms with Gasteiger partial charge in [0.2, 0.25) is 5.91 Å². The highest BCUT2D eigenvalue weighted by molar-refractivity contribution is 5.75. The first-order chi connectivity index (χ1) is 12.8. The molecule has 2 rings (SSSR count). The lowest BCUT2D eigenvalue weighted by molar-refractivity contribution is -0.139. The van der Waals surface area contributed by atoms with Crippen LogP contribution in [0.5, 0.6) is 5.75 Å². The summed E-state index contributed by atoms with van der Waals surface area (Å²) in [4.78, 5) is 24.3. The molecule has 5 nitrogen and oxygen atoms in total. The summed E-state index contributed by atoms with van der Waals surface area (Å²) in [6.07, 6.45) is 1.33. The minimum absolute atomic E-state index is 0.0520. The Balaban J connectivity index is 1.77. The van der Waals surface area contributed by atoms with E-state index in [0.29, 0.717) is 37.1 Å². The smallest absolute Gasteiger partial charge is 0.341 e. The van der Waals surface area contributed by atoms with E-state index in [9.17, 15) is 18.4 Å². The van der Waals surface area contributed by atoms with Crippen molar-refractivity contribution in [2.24, 2.45) is 0 Å². The van der Waals surface area contributed by atoms with Gasteiger partial charge in [-0.1, -0.05) is 18.2 Å². The third kappa shape index (κ3) is 6.69. The van der Waals surface area contributed by atoms with E-state index in [1.54, 1.807) is 36.2 Å². The van der Waals surface area contributed by atoms with Crippen molar-refractivity contribution in [3.63, 3.8) is 0 Å². The quantitative estimate of drug-likeness (QED) is 0.727. The fraction of sp³-hybridized carbons (Fsp3) is 0.300. The zero-order valence-corrected chi connectivity index (χ0v) is 15.0. The van der Waals surface area contributed by atoms with Gasteiger partial charge in [-0.2, -0.15) is 0 Å². The third-order valence-electron chi connectivity index (χ3n) is 3.97. The summed E-state index contributed by atoms with van der Waals surface area (Å²) < 4.78 is 31.1. The van der Waals surface area contributed by atoms with Gasteiger partial charge in [0.1, 0.15) is 5.75 Å². The maximum atomic E-state index is 13.2. The van der Waals surface area contributed by atoms with Crippen LogP contribution in [0, 0.1) is 11.6 Å². The molecule has 0 heterocycles. The lowest BCUT2D eigenvalue weighted by Crippen LogP contribution is -2.26. The third-order valence-corrected chi connectivity index (χ3v) is 3.97. The highest BCUT2D eigenvalue weighted by atomic mass is 19.2. The summed E-state index contributed by atoms with van der Waals surface area (Å²) in [6, 6.07) is 10.6. The van der Waals surface area contributed by atoms with Crippen molar-refractivity contribution < 1.29 is 28.2 Å². The predicted octanol–water partition coefficient (Wildman–Crippen LogP) is 3.41. The van der Waals surface area contributed by atoms with Gasteiger partial charge in [0.15, 0.2) is 18.2 Å². The van der Waals surface area contributed by atoms with Gasteiger partial charge in [-0.05, 0) is 48.2 Å². The number of carbonyl (C=O) groups excluding carboxylic acids is 1. The maximum Gasteiger partial charge on any atom is 0.341 e. The van der Waals surface area contributed by atoms with Crippen LogP contribution in [0.1, 0.15) is 24.0 Å². The topological polar surface area (TPSA) is 66.8 Å². The molecule has 0 atom stereocenters. The summed E-state index contributed by atoms with van der Waals surface area (Å²) in [6.45, 7) is -0.00108. The van der Waals surface area contributed by atoms with Crippen LogP contribution in [0.25, 0.3) is 0 Å². The molecule has 0 aromatic heterocycles. The van der Waals surface area contributed by atoms with Gasteiger partial charge in [-0.3, -0.25) is 4.79 Å². The zero-order valence-electron chi connectivity index (χ0n) is 15.0. The molecule has 0 bridgehead atoms. The molecule has 0 fully saturated rings. The number of amides is 1. The molecule has 0 spiro atoms. The van der Waals surface area contributed by atoms with Crippen LogP contribution in [0.4, 0.5) is 8.78 Å². The minimum atomic E-state index is -1.05. The van der Waals surface area contributed by atoms with Gasteiger partial charge < -0.3 is 14.7 Å². The monoisotopic (exact) mass is 377 g/mol. The Kier molecular flexibility index (Phi) is 7.28. The molecule has 0 radical (unpaired) electrons. The lowest BCUT2D eigenvalue weighted by Gasteiger charge is -2.17. The fourth-order valence-electron chi connectivity index (χ4n) is 2.53. The van der Waals surface area contributed by atoms with Crippen LogP contribution >= 0.6 is 0 Å². The van der Waals surface area contributed by atoms with E-state index in [1.165, 1.54) is 6.07 Å². The Hall–Kier alpha value is -2.96. The number of aryl methyl sites for hydroxylation is 1. The van der Waals surface area contributed by atoms with E-state index in [-0.39, 0.29) is 5.91 Å². The molecule has 0 unspecified atom stereocenters. The number of benzene rings is 2. The SMILES string of the molecule is CN(Cc1ccc(OCC(=O)O)cc1)C(=O)CCCc1ccc(F)c(F)c1. The normalized spacial score (nSPS) is 10.5. The number of aliphatic carboxylic acids is 1. The van der Waals surface area contributed by atoms with Crippen LogP contribution in [-0.2, 0) is 22.6 Å². The molecule has 2 aromatic rings. The first kappa shape index (κ1) is 20.4. The average molecular weight is 377 g/mol. The van der Waals surface area contributed by atoms with Crippen molar-refractivity contribution in [2.45, 2.75) is 25.8 Å². The zero-order chi connectivity index (χ0) is 19.8. The van der Waals surface area contributed by atoms with Crippen LogP contribution in [0.15, 0.2) is 42.5 Å². The number of hydrogen-bond acceptors (Lipinski definition) is 3. The van der Waals surface area contributed by atoms with Gasteiger partial charge in [-0.15, -0.1) is 0 Å². The van der Waals surface area contributed by atoms with E-state index in [2.05, 4.69) is 0 Å². The Bertz CT molecular complexity index is 793. The van der Waals surface area contributed by atoms with Gasteiger partial charge in [0.25, 0.3) is 0 Å².